The van der Waals surface area contributed by atoms with Gasteiger partial charge in [0.05, 0.1) is 29.7 Å². The number of fused-ring (bicyclic) bond motifs is 2. The molecule has 0 aliphatic carbocycles. The predicted molar refractivity (Wildman–Crippen MR) is 139 cm³/mol. The highest BCUT2D eigenvalue weighted by molar-refractivity contribution is 9.10. The lowest BCUT2D eigenvalue weighted by Gasteiger charge is -2.26. The number of ether oxygens (including phenoxy) is 2. The molecule has 0 radical (unpaired) electrons. The first-order valence-electron chi connectivity index (χ1n) is 11.3. The highest BCUT2D eigenvalue weighted by Gasteiger charge is 2.44. The van der Waals surface area contributed by atoms with Crippen molar-refractivity contribution in [2.45, 2.75) is 12.2 Å². The van der Waals surface area contributed by atoms with Gasteiger partial charge in [-0.05, 0) is 54.1 Å². The molecule has 1 aromatic heterocycles. The summed E-state index contributed by atoms with van der Waals surface area (Å²) in [7, 11) is 1.43. The third-order valence-electron chi connectivity index (χ3n) is 6.14. The third-order valence-corrected chi connectivity index (χ3v) is 6.64. The molecule has 38 heavy (non-hydrogen) atoms. The number of alkyl halides is 3. The van der Waals surface area contributed by atoms with E-state index in [9.17, 15) is 22.8 Å². The number of methoxy groups -OCH3 is 1. The zero-order valence-electron chi connectivity index (χ0n) is 19.8. The Kier molecular flexibility index (Phi) is 6.52. The smallest absolute Gasteiger partial charge is 0.416 e. The lowest BCUT2D eigenvalue weighted by Crippen LogP contribution is -2.29. The Bertz CT molecular complexity index is 1650. The van der Waals surface area contributed by atoms with Crippen LogP contribution in [-0.4, -0.2) is 19.6 Å². The second-order valence-corrected chi connectivity index (χ2v) is 9.37. The number of nitrogens with zero attached hydrogens (tertiary/aromatic N) is 1. The first kappa shape index (κ1) is 25.6. The summed E-state index contributed by atoms with van der Waals surface area (Å²) in [6.45, 7) is 3.82. The highest BCUT2D eigenvalue weighted by atomic mass is 79.9. The molecule has 1 atom stereocenters. The number of rotatable bonds is 6. The Labute approximate surface area is 223 Å². The van der Waals surface area contributed by atoms with Crippen molar-refractivity contribution >= 4 is 38.5 Å². The Morgan fingerprint density at radius 3 is 2.58 bits per heavy atom. The molecule has 4 aromatic rings. The van der Waals surface area contributed by atoms with Crippen LogP contribution < -0.4 is 19.8 Å². The van der Waals surface area contributed by atoms with E-state index in [1.807, 2.05) is 0 Å². The molecule has 194 valence electrons. The minimum Gasteiger partial charge on any atom is -0.493 e. The molecular weight excluding hydrogens is 567 g/mol. The summed E-state index contributed by atoms with van der Waals surface area (Å²) in [6, 6.07) is 12.9. The van der Waals surface area contributed by atoms with E-state index in [0.717, 1.165) is 17.0 Å². The van der Waals surface area contributed by atoms with Crippen LogP contribution in [0.1, 0.15) is 33.3 Å². The van der Waals surface area contributed by atoms with E-state index in [2.05, 4.69) is 22.5 Å². The fourth-order valence-electron chi connectivity index (χ4n) is 4.48. The Balaban J connectivity index is 1.77. The fraction of sp³-hybridized carbons (Fsp3) is 0.143. The standard InChI is InChI=1S/C28H19BrF3NO5/c1-3-11-37-21-9-7-15(12-22(21)36-2)24-23-25(34)19-14-17(29)8-10-20(19)38-26(23)27(35)33(24)18-6-4-5-16(13-18)28(30,31)32/h3-10,12-14,24H,1,11H2,2H3. The van der Waals surface area contributed by atoms with Crippen LogP contribution >= 0.6 is 15.9 Å². The number of amides is 1. The Hall–Kier alpha value is -4.05. The molecule has 0 saturated carbocycles. The molecule has 10 heteroatoms. The van der Waals surface area contributed by atoms with Crippen molar-refractivity contribution in [2.24, 2.45) is 0 Å². The van der Waals surface area contributed by atoms with E-state index >= 15 is 0 Å². The molecule has 0 saturated heterocycles. The summed E-state index contributed by atoms with van der Waals surface area (Å²) >= 11 is 3.34. The molecule has 5 rings (SSSR count). The van der Waals surface area contributed by atoms with Gasteiger partial charge in [0.25, 0.3) is 5.91 Å². The van der Waals surface area contributed by atoms with Crippen LogP contribution in [0.5, 0.6) is 11.5 Å². The van der Waals surface area contributed by atoms with Gasteiger partial charge in [-0.25, -0.2) is 0 Å². The largest absolute Gasteiger partial charge is 0.493 e. The maximum atomic E-state index is 13.8. The highest BCUT2D eigenvalue weighted by Crippen LogP contribution is 2.44. The third kappa shape index (κ3) is 4.34. The van der Waals surface area contributed by atoms with Crippen molar-refractivity contribution in [3.63, 3.8) is 0 Å². The van der Waals surface area contributed by atoms with E-state index in [-0.39, 0.29) is 34.6 Å². The maximum absolute atomic E-state index is 13.8. The Morgan fingerprint density at radius 1 is 1.08 bits per heavy atom. The average molecular weight is 586 g/mol. The minimum atomic E-state index is -4.64. The van der Waals surface area contributed by atoms with Crippen LogP contribution in [0, 0.1) is 0 Å². The SMILES string of the molecule is C=CCOc1ccc(C2c3c(oc4ccc(Br)cc4c3=O)C(=O)N2c2cccc(C(F)(F)F)c2)cc1OC. The van der Waals surface area contributed by atoms with Gasteiger partial charge in [0.15, 0.2) is 16.9 Å². The number of anilines is 1. The van der Waals surface area contributed by atoms with Gasteiger partial charge in [-0.2, -0.15) is 13.2 Å². The molecule has 1 aliphatic rings. The molecule has 0 bridgehead atoms. The van der Waals surface area contributed by atoms with Crippen LogP contribution in [0.2, 0.25) is 0 Å². The fourth-order valence-corrected chi connectivity index (χ4v) is 4.84. The van der Waals surface area contributed by atoms with Gasteiger partial charge in [0, 0.05) is 10.2 Å². The van der Waals surface area contributed by atoms with Crippen LogP contribution in [0.25, 0.3) is 11.0 Å². The molecule has 0 fully saturated rings. The molecule has 0 N–H and O–H groups in total. The van der Waals surface area contributed by atoms with E-state index in [0.29, 0.717) is 21.5 Å². The van der Waals surface area contributed by atoms with Crippen molar-refractivity contribution in [3.05, 3.63) is 110 Å². The topological polar surface area (TPSA) is 69.0 Å². The number of carbonyl (C=O) groups is 1. The first-order chi connectivity index (χ1) is 18.1. The molecule has 6 nitrogen and oxygen atoms in total. The van der Waals surface area contributed by atoms with Crippen molar-refractivity contribution in [3.8, 4) is 11.5 Å². The molecule has 0 spiro atoms. The van der Waals surface area contributed by atoms with Gasteiger partial charge in [0.1, 0.15) is 12.2 Å². The number of halogens is 4. The normalized spacial score (nSPS) is 15.0. The second-order valence-electron chi connectivity index (χ2n) is 8.45. The number of hydrogen-bond acceptors (Lipinski definition) is 5. The Morgan fingerprint density at radius 2 is 1.87 bits per heavy atom. The van der Waals surface area contributed by atoms with Gasteiger partial charge < -0.3 is 13.9 Å². The zero-order valence-corrected chi connectivity index (χ0v) is 21.4. The minimum absolute atomic E-state index is 0.0137. The average Bonchev–Trinajstić information content (AvgIpc) is 3.19. The molecule has 1 aliphatic heterocycles. The lowest BCUT2D eigenvalue weighted by molar-refractivity contribution is -0.137. The van der Waals surface area contributed by atoms with Crippen molar-refractivity contribution in [1.82, 2.24) is 0 Å². The lowest BCUT2D eigenvalue weighted by atomic mass is 9.97. The number of carbonyl (C=O) groups excluding carboxylic acids is 1. The first-order valence-corrected chi connectivity index (χ1v) is 12.1. The van der Waals surface area contributed by atoms with Crippen molar-refractivity contribution in [1.29, 1.82) is 0 Å². The summed E-state index contributed by atoms with van der Waals surface area (Å²) in [5.41, 5.74) is -0.839. The van der Waals surface area contributed by atoms with E-state index in [1.54, 1.807) is 42.5 Å². The summed E-state index contributed by atoms with van der Waals surface area (Å²) in [4.78, 5) is 28.6. The molecular formula is C28H19BrF3NO5. The van der Waals surface area contributed by atoms with Crippen LogP contribution in [-0.2, 0) is 6.18 Å². The maximum Gasteiger partial charge on any atom is 0.416 e. The monoisotopic (exact) mass is 585 g/mol. The molecule has 1 amide bonds. The zero-order chi connectivity index (χ0) is 27.2. The molecule has 2 heterocycles. The summed E-state index contributed by atoms with van der Waals surface area (Å²) in [6.07, 6.45) is -3.08. The van der Waals surface area contributed by atoms with E-state index in [1.165, 1.54) is 19.2 Å². The summed E-state index contributed by atoms with van der Waals surface area (Å²) in [5.74, 6) is -0.279. The predicted octanol–water partition coefficient (Wildman–Crippen LogP) is 6.90. The van der Waals surface area contributed by atoms with Crippen molar-refractivity contribution < 1.29 is 31.9 Å². The van der Waals surface area contributed by atoms with Gasteiger partial charge in [-0.3, -0.25) is 14.5 Å². The van der Waals surface area contributed by atoms with Gasteiger partial charge >= 0.3 is 6.18 Å². The summed E-state index contributed by atoms with van der Waals surface area (Å²) < 4.78 is 58.3. The summed E-state index contributed by atoms with van der Waals surface area (Å²) in [5, 5.41) is 0.222. The second kappa shape index (κ2) is 9.68. The van der Waals surface area contributed by atoms with Gasteiger partial charge in [0.2, 0.25) is 5.76 Å². The number of benzene rings is 3. The van der Waals surface area contributed by atoms with Crippen LogP contribution in [0.15, 0.2) is 87.0 Å². The van der Waals surface area contributed by atoms with Crippen molar-refractivity contribution in [2.75, 3.05) is 18.6 Å². The van der Waals surface area contributed by atoms with E-state index < -0.39 is 29.1 Å². The quantitative estimate of drug-likeness (QED) is 0.230. The van der Waals surface area contributed by atoms with Gasteiger partial charge in [-0.1, -0.05) is 40.7 Å². The van der Waals surface area contributed by atoms with E-state index in [4.69, 9.17) is 13.9 Å². The van der Waals surface area contributed by atoms with Crippen LogP contribution in [0.3, 0.4) is 0 Å². The number of hydrogen-bond donors (Lipinski definition) is 0. The molecule has 3 aromatic carbocycles. The van der Waals surface area contributed by atoms with Crippen LogP contribution in [0.4, 0.5) is 18.9 Å². The van der Waals surface area contributed by atoms with Gasteiger partial charge in [-0.15, -0.1) is 0 Å². The molecule has 1 unspecified atom stereocenters.